The van der Waals surface area contributed by atoms with Gasteiger partial charge in [0.15, 0.2) is 11.5 Å². The number of rotatable bonds is 6. The van der Waals surface area contributed by atoms with E-state index in [-0.39, 0.29) is 23.1 Å². The molecule has 1 aliphatic rings. The standard InChI is InChI=1S/C22H22ClNO4/c1-13-5-7-16(14(2)11-13)19-20(23)22(26)24(21(19)25)10-9-15-6-8-17(27-3)18(12-15)28-4/h5-8,11-12H,9-10H2,1-4H3. The maximum absolute atomic E-state index is 12.9. The molecule has 0 radical (unpaired) electrons. The van der Waals surface area contributed by atoms with Crippen LogP contribution in [0.15, 0.2) is 41.4 Å². The maximum atomic E-state index is 12.9. The van der Waals surface area contributed by atoms with Crippen LogP contribution in [0, 0.1) is 13.8 Å². The molecule has 0 aromatic heterocycles. The SMILES string of the molecule is COc1ccc(CCN2C(=O)C(Cl)=C(c3ccc(C)cc3C)C2=O)cc1OC. The van der Waals surface area contributed by atoms with E-state index in [0.717, 1.165) is 16.7 Å². The number of hydrogen-bond donors (Lipinski definition) is 0. The molecule has 6 heteroatoms. The van der Waals surface area contributed by atoms with Gasteiger partial charge in [0.05, 0.1) is 19.8 Å². The first-order valence-electron chi connectivity index (χ1n) is 8.92. The van der Waals surface area contributed by atoms with Crippen LogP contribution in [0.4, 0.5) is 0 Å². The minimum atomic E-state index is -0.456. The van der Waals surface area contributed by atoms with Gasteiger partial charge in [-0.15, -0.1) is 0 Å². The van der Waals surface area contributed by atoms with E-state index in [9.17, 15) is 9.59 Å². The molecule has 0 spiro atoms. The number of halogens is 1. The number of amides is 2. The van der Waals surface area contributed by atoms with E-state index >= 15 is 0 Å². The van der Waals surface area contributed by atoms with Gasteiger partial charge in [-0.25, -0.2) is 0 Å². The van der Waals surface area contributed by atoms with Gasteiger partial charge in [-0.05, 0) is 49.1 Å². The van der Waals surface area contributed by atoms with E-state index in [4.69, 9.17) is 21.1 Å². The lowest BCUT2D eigenvalue weighted by Gasteiger charge is -2.16. The lowest BCUT2D eigenvalue weighted by molar-refractivity contribution is -0.136. The number of aryl methyl sites for hydroxylation is 2. The van der Waals surface area contributed by atoms with Crippen molar-refractivity contribution in [3.8, 4) is 11.5 Å². The second-order valence-electron chi connectivity index (χ2n) is 6.71. The van der Waals surface area contributed by atoms with Crippen LogP contribution >= 0.6 is 11.6 Å². The zero-order chi connectivity index (χ0) is 20.4. The molecular formula is C22H22ClNO4. The zero-order valence-corrected chi connectivity index (χ0v) is 17.1. The normalized spacial score (nSPS) is 14.1. The van der Waals surface area contributed by atoms with Crippen molar-refractivity contribution in [3.63, 3.8) is 0 Å². The number of ether oxygens (including phenoxy) is 2. The number of nitrogens with zero attached hydrogens (tertiary/aromatic N) is 1. The molecule has 146 valence electrons. The van der Waals surface area contributed by atoms with E-state index in [2.05, 4.69) is 0 Å². The summed E-state index contributed by atoms with van der Waals surface area (Å²) in [5, 5.41) is -0.0238. The lowest BCUT2D eigenvalue weighted by Crippen LogP contribution is -2.33. The highest BCUT2D eigenvalue weighted by atomic mass is 35.5. The molecule has 0 N–H and O–H groups in total. The summed E-state index contributed by atoms with van der Waals surface area (Å²) >= 11 is 6.26. The van der Waals surface area contributed by atoms with Gasteiger partial charge < -0.3 is 9.47 Å². The smallest absolute Gasteiger partial charge is 0.273 e. The Hall–Kier alpha value is -2.79. The Morgan fingerprint density at radius 3 is 2.29 bits per heavy atom. The van der Waals surface area contributed by atoms with E-state index in [1.807, 2.05) is 44.2 Å². The Labute approximate surface area is 169 Å². The molecule has 0 atom stereocenters. The predicted molar refractivity (Wildman–Crippen MR) is 109 cm³/mol. The van der Waals surface area contributed by atoms with Crippen molar-refractivity contribution in [1.82, 2.24) is 4.90 Å². The molecule has 0 saturated carbocycles. The van der Waals surface area contributed by atoms with Gasteiger partial charge in [-0.2, -0.15) is 0 Å². The third kappa shape index (κ3) is 3.62. The summed E-state index contributed by atoms with van der Waals surface area (Å²) in [5.74, 6) is 0.414. The minimum absolute atomic E-state index is 0.0238. The Morgan fingerprint density at radius 1 is 0.929 bits per heavy atom. The molecule has 2 aromatic rings. The highest BCUT2D eigenvalue weighted by molar-refractivity contribution is 6.55. The first kappa shape index (κ1) is 20.0. The van der Waals surface area contributed by atoms with Gasteiger partial charge in [-0.1, -0.05) is 41.4 Å². The number of benzene rings is 2. The molecule has 2 amide bonds. The van der Waals surface area contributed by atoms with Crippen molar-refractivity contribution in [2.24, 2.45) is 0 Å². The Morgan fingerprint density at radius 2 is 1.64 bits per heavy atom. The van der Waals surface area contributed by atoms with Gasteiger partial charge in [0.25, 0.3) is 11.8 Å². The summed E-state index contributed by atoms with van der Waals surface area (Å²) in [4.78, 5) is 26.7. The largest absolute Gasteiger partial charge is 0.493 e. The fraction of sp³-hybridized carbons (Fsp3) is 0.273. The second-order valence-corrected chi connectivity index (χ2v) is 7.09. The van der Waals surface area contributed by atoms with Gasteiger partial charge in [-0.3, -0.25) is 14.5 Å². The average Bonchev–Trinajstić information content (AvgIpc) is 2.89. The van der Waals surface area contributed by atoms with Crippen molar-refractivity contribution in [3.05, 3.63) is 63.7 Å². The summed E-state index contributed by atoms with van der Waals surface area (Å²) in [7, 11) is 3.14. The van der Waals surface area contributed by atoms with Crippen molar-refractivity contribution in [2.45, 2.75) is 20.3 Å². The van der Waals surface area contributed by atoms with E-state index < -0.39 is 5.91 Å². The number of imide groups is 1. The van der Waals surface area contributed by atoms with Crippen LogP contribution in [0.3, 0.4) is 0 Å². The predicted octanol–water partition coefficient (Wildman–Crippen LogP) is 3.88. The van der Waals surface area contributed by atoms with Crippen LogP contribution in [-0.2, 0) is 16.0 Å². The first-order valence-corrected chi connectivity index (χ1v) is 9.29. The summed E-state index contributed by atoms with van der Waals surface area (Å²) < 4.78 is 10.5. The molecule has 0 unspecified atom stereocenters. The first-order chi connectivity index (χ1) is 13.4. The van der Waals surface area contributed by atoms with Gasteiger partial charge in [0, 0.05) is 6.54 Å². The average molecular weight is 400 g/mol. The summed E-state index contributed by atoms with van der Waals surface area (Å²) in [6, 6.07) is 11.2. The highest BCUT2D eigenvalue weighted by Crippen LogP contribution is 2.34. The second kappa shape index (κ2) is 8.07. The fourth-order valence-corrected chi connectivity index (χ4v) is 3.64. The van der Waals surface area contributed by atoms with Crippen molar-refractivity contribution in [2.75, 3.05) is 20.8 Å². The van der Waals surface area contributed by atoms with Crippen molar-refractivity contribution < 1.29 is 19.1 Å². The highest BCUT2D eigenvalue weighted by Gasteiger charge is 2.38. The van der Waals surface area contributed by atoms with Gasteiger partial charge in [0.1, 0.15) is 5.03 Å². The molecule has 0 saturated heterocycles. The Balaban J connectivity index is 1.80. The quantitative estimate of drug-likeness (QED) is 0.692. The summed E-state index contributed by atoms with van der Waals surface area (Å²) in [5.41, 5.74) is 3.89. The number of carbonyl (C=O) groups excluding carboxylic acids is 2. The van der Waals surface area contributed by atoms with Gasteiger partial charge >= 0.3 is 0 Å². The maximum Gasteiger partial charge on any atom is 0.273 e. The minimum Gasteiger partial charge on any atom is -0.493 e. The van der Waals surface area contributed by atoms with E-state index in [0.29, 0.717) is 23.5 Å². The monoisotopic (exact) mass is 399 g/mol. The van der Waals surface area contributed by atoms with Gasteiger partial charge in [0.2, 0.25) is 0 Å². The fourth-order valence-electron chi connectivity index (χ4n) is 3.35. The molecule has 28 heavy (non-hydrogen) atoms. The molecule has 0 bridgehead atoms. The molecular weight excluding hydrogens is 378 g/mol. The lowest BCUT2D eigenvalue weighted by atomic mass is 9.99. The molecule has 3 rings (SSSR count). The number of carbonyl (C=O) groups is 2. The van der Waals surface area contributed by atoms with Crippen LogP contribution in [0.25, 0.3) is 5.57 Å². The van der Waals surface area contributed by atoms with Crippen LogP contribution in [0.1, 0.15) is 22.3 Å². The van der Waals surface area contributed by atoms with Crippen LogP contribution in [0.2, 0.25) is 0 Å². The van der Waals surface area contributed by atoms with E-state index in [1.54, 1.807) is 20.3 Å². The molecule has 1 aliphatic heterocycles. The van der Waals surface area contributed by atoms with Crippen molar-refractivity contribution >= 4 is 29.0 Å². The molecule has 1 heterocycles. The molecule has 5 nitrogen and oxygen atoms in total. The number of methoxy groups -OCH3 is 2. The third-order valence-electron chi connectivity index (χ3n) is 4.83. The summed E-state index contributed by atoms with van der Waals surface area (Å²) in [6.45, 7) is 4.12. The van der Waals surface area contributed by atoms with Crippen LogP contribution in [-0.4, -0.2) is 37.5 Å². The Kier molecular flexibility index (Phi) is 5.75. The zero-order valence-electron chi connectivity index (χ0n) is 16.3. The van der Waals surface area contributed by atoms with E-state index in [1.165, 1.54) is 4.90 Å². The third-order valence-corrected chi connectivity index (χ3v) is 5.19. The van der Waals surface area contributed by atoms with Crippen LogP contribution in [0.5, 0.6) is 11.5 Å². The van der Waals surface area contributed by atoms with Crippen molar-refractivity contribution in [1.29, 1.82) is 0 Å². The molecule has 0 aliphatic carbocycles. The molecule has 2 aromatic carbocycles. The Bertz CT molecular complexity index is 980. The number of hydrogen-bond acceptors (Lipinski definition) is 4. The topological polar surface area (TPSA) is 55.8 Å². The molecule has 0 fully saturated rings. The van der Waals surface area contributed by atoms with Crippen LogP contribution < -0.4 is 9.47 Å². The summed E-state index contributed by atoms with van der Waals surface area (Å²) in [6.07, 6.45) is 0.488.